The molecule has 0 saturated heterocycles. The summed E-state index contributed by atoms with van der Waals surface area (Å²) in [6, 6.07) is 5.65. The second-order valence-corrected chi connectivity index (χ2v) is 3.99. The van der Waals surface area contributed by atoms with E-state index >= 15 is 0 Å². The molecule has 2 aromatic rings. The highest BCUT2D eigenvalue weighted by Crippen LogP contribution is 2.13. The molecule has 0 radical (unpaired) electrons. The van der Waals surface area contributed by atoms with Crippen molar-refractivity contribution in [2.24, 2.45) is 16.5 Å². The van der Waals surface area contributed by atoms with Gasteiger partial charge in [-0.25, -0.2) is 4.84 Å². The first-order valence-corrected chi connectivity index (χ1v) is 6.98. The van der Waals surface area contributed by atoms with Gasteiger partial charge in [-0.3, -0.25) is 4.99 Å². The molecule has 1 heterocycles. The zero-order valence-electron chi connectivity index (χ0n) is 12.8. The molecule has 116 valence electrons. The lowest BCUT2D eigenvalue weighted by atomic mass is 10.3. The number of nitrogens with zero attached hydrogens (tertiary/aromatic N) is 4. The van der Waals surface area contributed by atoms with Crippen LogP contribution >= 0.6 is 0 Å². The fourth-order valence-electron chi connectivity index (χ4n) is 1.67. The summed E-state index contributed by atoms with van der Waals surface area (Å²) >= 11 is 0. The third kappa shape index (κ3) is 4.48. The maximum Gasteiger partial charge on any atom is 0.218 e. The third-order valence-electron chi connectivity index (χ3n) is 2.58. The highest BCUT2D eigenvalue weighted by atomic mass is 16.6. The zero-order valence-corrected chi connectivity index (χ0v) is 12.8. The molecule has 0 bridgehead atoms. The molecule has 0 unspecified atom stereocenters. The highest BCUT2D eigenvalue weighted by molar-refractivity contribution is 5.90. The lowest BCUT2D eigenvalue weighted by Crippen LogP contribution is -2.75. The Labute approximate surface area is 124 Å². The normalized spacial score (nSPS) is 11.3. The maximum atomic E-state index is 5.90. The van der Waals surface area contributed by atoms with Crippen LogP contribution in [0.25, 0.3) is 11.0 Å². The van der Waals surface area contributed by atoms with Crippen molar-refractivity contribution in [1.82, 2.24) is 15.0 Å². The van der Waals surface area contributed by atoms with Crippen LogP contribution in [0.2, 0.25) is 0 Å². The molecule has 0 saturated carbocycles. The molecule has 0 atom stereocenters. The van der Waals surface area contributed by atoms with Crippen molar-refractivity contribution >= 4 is 22.7 Å². The van der Waals surface area contributed by atoms with Crippen molar-refractivity contribution in [1.29, 1.82) is 0 Å². The molecular formula is C13H24N7O+. The molecule has 8 heteroatoms. The number of hydrogen-bond acceptors (Lipinski definition) is 5. The Morgan fingerprint density at radius 3 is 2.86 bits per heavy atom. The van der Waals surface area contributed by atoms with E-state index in [2.05, 4.69) is 15.3 Å². The summed E-state index contributed by atoms with van der Waals surface area (Å²) in [5.74, 6) is 0.311. The van der Waals surface area contributed by atoms with Gasteiger partial charge in [-0.2, -0.15) is 10.2 Å². The Morgan fingerprint density at radius 1 is 1.43 bits per heavy atom. The van der Waals surface area contributed by atoms with Crippen LogP contribution in [0.4, 0.5) is 5.69 Å². The van der Waals surface area contributed by atoms with Crippen molar-refractivity contribution in [2.75, 3.05) is 20.2 Å². The van der Waals surface area contributed by atoms with Crippen LogP contribution in [0, 0.1) is 0 Å². The van der Waals surface area contributed by atoms with Gasteiger partial charge >= 0.3 is 0 Å². The molecule has 0 amide bonds. The monoisotopic (exact) mass is 294 g/mol. The smallest absolute Gasteiger partial charge is 0.218 e. The minimum atomic E-state index is 0.311. The molecule has 1 aromatic heterocycles. The molecule has 8 nitrogen and oxygen atoms in total. The molecular weight excluding hydrogens is 270 g/mol. The fourth-order valence-corrected chi connectivity index (χ4v) is 1.67. The van der Waals surface area contributed by atoms with Crippen molar-refractivity contribution < 1.29 is 10.3 Å². The molecule has 0 aliphatic heterocycles. The standard InChI is InChI=1S/C11H17N7O.C2H6/c1-19-16-8-3-4-9-10(7-8)18(17-15-9)11(13)14-6-2-5-12;1-2/h3-4,7,16H,2,5-6,12H2,1H3,(H2,13,14);1-2H3/p+1. The number of nitrogens with two attached hydrogens (primary N) is 3. The molecule has 2 rings (SSSR count). The van der Waals surface area contributed by atoms with E-state index in [4.69, 9.17) is 16.3 Å². The van der Waals surface area contributed by atoms with Gasteiger partial charge in [-0.05, 0) is 19.0 Å². The van der Waals surface area contributed by atoms with E-state index in [0.717, 1.165) is 23.1 Å². The summed E-state index contributed by atoms with van der Waals surface area (Å²) in [5, 5.41) is 8.04. The number of quaternary nitrogens is 1. The van der Waals surface area contributed by atoms with Gasteiger partial charge in [0.15, 0.2) is 5.69 Å². The van der Waals surface area contributed by atoms with E-state index in [1.54, 1.807) is 12.6 Å². The molecule has 0 aliphatic carbocycles. The summed E-state index contributed by atoms with van der Waals surface area (Å²) in [7, 11) is 1.60. The highest BCUT2D eigenvalue weighted by Gasteiger charge is 2.09. The van der Waals surface area contributed by atoms with Crippen molar-refractivity contribution in [3.05, 3.63) is 18.2 Å². The Balaban J connectivity index is 0.00000106. The quantitative estimate of drug-likeness (QED) is 0.230. The van der Waals surface area contributed by atoms with E-state index in [-0.39, 0.29) is 0 Å². The number of aromatic nitrogens is 3. The van der Waals surface area contributed by atoms with Gasteiger partial charge in [0.05, 0.1) is 7.11 Å². The topological polar surface area (TPSA) is 121 Å². The minimum Gasteiger partial charge on any atom is -0.368 e. The first kappa shape index (κ1) is 17.0. The Kier molecular flexibility index (Phi) is 7.30. The van der Waals surface area contributed by atoms with Crippen molar-refractivity contribution in [3.63, 3.8) is 0 Å². The number of aliphatic imine (C=N–C) groups is 1. The van der Waals surface area contributed by atoms with Crippen LogP contribution in [-0.2, 0) is 4.84 Å². The van der Waals surface area contributed by atoms with E-state index < -0.39 is 0 Å². The average Bonchev–Trinajstić information content (AvgIpc) is 2.93. The number of fused-ring (bicyclic) bond motifs is 1. The van der Waals surface area contributed by atoms with E-state index in [0.29, 0.717) is 19.0 Å². The Morgan fingerprint density at radius 2 is 2.19 bits per heavy atom. The predicted octanol–water partition coefficient (Wildman–Crippen LogP) is -0.275. The molecule has 0 spiro atoms. The van der Waals surface area contributed by atoms with Crippen molar-refractivity contribution in [3.8, 4) is 0 Å². The number of hydrogen-bond donors (Lipinski definition) is 3. The first-order valence-electron chi connectivity index (χ1n) is 6.98. The van der Waals surface area contributed by atoms with Gasteiger partial charge in [0.25, 0.3) is 0 Å². The second-order valence-electron chi connectivity index (χ2n) is 3.99. The van der Waals surface area contributed by atoms with Crippen molar-refractivity contribution in [2.45, 2.75) is 20.3 Å². The SMILES string of the molecule is CC.CO[NH2+]c1ccc2nnn(C(N)=NCCCN)c2c1. The van der Waals surface area contributed by atoms with Crippen LogP contribution in [0.3, 0.4) is 0 Å². The summed E-state index contributed by atoms with van der Waals surface area (Å²) in [4.78, 5) is 9.20. The van der Waals surface area contributed by atoms with E-state index in [1.807, 2.05) is 32.0 Å². The van der Waals surface area contributed by atoms with Crippen LogP contribution in [0.5, 0.6) is 0 Å². The lowest BCUT2D eigenvalue weighted by molar-refractivity contribution is -0.830. The maximum absolute atomic E-state index is 5.90. The van der Waals surface area contributed by atoms with Gasteiger partial charge in [0.1, 0.15) is 11.0 Å². The van der Waals surface area contributed by atoms with E-state index in [9.17, 15) is 0 Å². The summed E-state index contributed by atoms with van der Waals surface area (Å²) in [5.41, 5.74) is 15.4. The van der Waals surface area contributed by atoms with Gasteiger partial charge in [0.2, 0.25) is 5.96 Å². The first-order chi connectivity index (χ1) is 10.3. The van der Waals surface area contributed by atoms with Gasteiger partial charge in [-0.15, -0.1) is 5.10 Å². The summed E-state index contributed by atoms with van der Waals surface area (Å²) in [6.45, 7) is 5.16. The molecule has 21 heavy (non-hydrogen) atoms. The molecule has 0 fully saturated rings. The van der Waals surface area contributed by atoms with Gasteiger partial charge in [-0.1, -0.05) is 19.1 Å². The van der Waals surface area contributed by atoms with Crippen LogP contribution in [0.15, 0.2) is 23.2 Å². The van der Waals surface area contributed by atoms with Crippen LogP contribution < -0.4 is 16.9 Å². The lowest BCUT2D eigenvalue weighted by Gasteiger charge is -2.01. The minimum absolute atomic E-state index is 0.311. The zero-order chi connectivity index (χ0) is 15.7. The molecule has 6 N–H and O–H groups in total. The van der Waals surface area contributed by atoms with Crippen LogP contribution in [-0.4, -0.2) is 41.2 Å². The second kappa shape index (κ2) is 9.01. The molecule has 0 aliphatic rings. The van der Waals surface area contributed by atoms with Crippen LogP contribution in [0.1, 0.15) is 20.3 Å². The molecule has 1 aromatic carbocycles. The largest absolute Gasteiger partial charge is 0.368 e. The third-order valence-corrected chi connectivity index (χ3v) is 2.58. The average molecular weight is 294 g/mol. The summed E-state index contributed by atoms with van der Waals surface area (Å²) < 4.78 is 1.51. The Hall–Kier alpha value is -2.03. The van der Waals surface area contributed by atoms with Gasteiger partial charge < -0.3 is 11.5 Å². The summed E-state index contributed by atoms with van der Waals surface area (Å²) in [6.07, 6.45) is 0.788. The van der Waals surface area contributed by atoms with E-state index in [1.165, 1.54) is 4.68 Å². The fraction of sp³-hybridized carbons (Fsp3) is 0.462. The number of benzene rings is 1. The van der Waals surface area contributed by atoms with Gasteiger partial charge in [0, 0.05) is 18.7 Å². The number of rotatable bonds is 5. The predicted molar refractivity (Wildman–Crippen MR) is 83.0 cm³/mol. The Bertz CT molecular complexity index is 579.